The van der Waals surface area contributed by atoms with Gasteiger partial charge in [-0.2, -0.15) is 5.26 Å². The number of rotatable bonds is 7. The Morgan fingerprint density at radius 1 is 1.21 bits per heavy atom. The summed E-state index contributed by atoms with van der Waals surface area (Å²) in [7, 11) is 0. The normalized spacial score (nSPS) is 10.9. The maximum Gasteiger partial charge on any atom is 0.348 e. The third-order valence-corrected chi connectivity index (χ3v) is 2.88. The molecule has 128 valence electrons. The van der Waals surface area contributed by atoms with E-state index in [1.54, 1.807) is 45.9 Å². The molecule has 0 bridgehead atoms. The Bertz CT molecular complexity index is 670. The number of benzene rings is 1. The summed E-state index contributed by atoms with van der Waals surface area (Å²) in [5, 5.41) is 9.07. The molecule has 0 aliphatic carbocycles. The van der Waals surface area contributed by atoms with Crippen LogP contribution in [0.1, 0.15) is 33.3 Å². The van der Waals surface area contributed by atoms with E-state index in [0.717, 1.165) is 0 Å². The van der Waals surface area contributed by atoms with Gasteiger partial charge in [-0.05, 0) is 37.6 Å². The summed E-state index contributed by atoms with van der Waals surface area (Å²) < 4.78 is 15.6. The molecule has 0 unspecified atom stereocenters. The van der Waals surface area contributed by atoms with E-state index in [2.05, 4.69) is 0 Å². The molecule has 0 amide bonds. The molecular formula is C18H21NO5. The zero-order valence-electron chi connectivity index (χ0n) is 14.3. The molecule has 0 aliphatic rings. The van der Waals surface area contributed by atoms with E-state index in [9.17, 15) is 9.59 Å². The Kier molecular flexibility index (Phi) is 7.50. The molecule has 1 aromatic carbocycles. The molecule has 0 heterocycles. The first-order valence-corrected chi connectivity index (χ1v) is 7.70. The van der Waals surface area contributed by atoms with Gasteiger partial charge in [0.25, 0.3) is 0 Å². The summed E-state index contributed by atoms with van der Waals surface area (Å²) in [5.41, 5.74) is 0.443. The minimum absolute atomic E-state index is 0.119. The molecule has 6 heteroatoms. The second-order valence-electron chi connectivity index (χ2n) is 5.11. The minimum atomic E-state index is -0.687. The molecule has 24 heavy (non-hydrogen) atoms. The smallest absolute Gasteiger partial charge is 0.348 e. The van der Waals surface area contributed by atoms with Crippen molar-refractivity contribution >= 4 is 18.0 Å². The predicted molar refractivity (Wildman–Crippen MR) is 88.3 cm³/mol. The van der Waals surface area contributed by atoms with Crippen LogP contribution in [0.15, 0.2) is 23.8 Å². The number of carbonyl (C=O) groups is 2. The van der Waals surface area contributed by atoms with Crippen molar-refractivity contribution in [3.8, 4) is 17.6 Å². The van der Waals surface area contributed by atoms with Crippen LogP contribution in [-0.2, 0) is 14.3 Å². The Balaban J connectivity index is 3.15. The highest BCUT2D eigenvalue weighted by atomic mass is 16.6. The summed E-state index contributed by atoms with van der Waals surface area (Å²) >= 11 is 0. The first-order valence-electron chi connectivity index (χ1n) is 7.70. The van der Waals surface area contributed by atoms with Gasteiger partial charge in [-0.3, -0.25) is 4.79 Å². The van der Waals surface area contributed by atoms with E-state index < -0.39 is 5.97 Å². The SMILES string of the molecule is CCOC(=O)/C(C#N)=C/c1ccc(OC(=O)C(C)C)c(OCC)c1. The first kappa shape index (κ1) is 19.2. The number of hydrogen-bond donors (Lipinski definition) is 0. The lowest BCUT2D eigenvalue weighted by atomic mass is 10.1. The van der Waals surface area contributed by atoms with Gasteiger partial charge in [0.1, 0.15) is 11.6 Å². The van der Waals surface area contributed by atoms with Gasteiger partial charge in [0.15, 0.2) is 11.5 Å². The molecule has 6 nitrogen and oxygen atoms in total. The summed E-state index contributed by atoms with van der Waals surface area (Å²) in [6, 6.07) is 6.60. The molecule has 0 atom stereocenters. The third kappa shape index (κ3) is 5.43. The number of nitriles is 1. The Hall–Kier alpha value is -2.81. The monoisotopic (exact) mass is 331 g/mol. The van der Waals surface area contributed by atoms with Crippen molar-refractivity contribution in [2.24, 2.45) is 5.92 Å². The van der Waals surface area contributed by atoms with Gasteiger partial charge in [-0.15, -0.1) is 0 Å². The van der Waals surface area contributed by atoms with Gasteiger partial charge in [0.05, 0.1) is 19.1 Å². The molecule has 1 aromatic rings. The van der Waals surface area contributed by atoms with Gasteiger partial charge in [-0.25, -0.2) is 4.79 Å². The van der Waals surface area contributed by atoms with Crippen molar-refractivity contribution in [3.63, 3.8) is 0 Å². The molecular weight excluding hydrogens is 310 g/mol. The van der Waals surface area contributed by atoms with Crippen molar-refractivity contribution < 1.29 is 23.8 Å². The van der Waals surface area contributed by atoms with Gasteiger partial charge >= 0.3 is 11.9 Å². The van der Waals surface area contributed by atoms with Crippen LogP contribution in [0.5, 0.6) is 11.5 Å². The van der Waals surface area contributed by atoms with Crippen LogP contribution in [-0.4, -0.2) is 25.2 Å². The fourth-order valence-corrected chi connectivity index (χ4v) is 1.71. The van der Waals surface area contributed by atoms with Crippen LogP contribution < -0.4 is 9.47 Å². The molecule has 0 aliphatic heterocycles. The molecule has 0 saturated carbocycles. The molecule has 0 N–H and O–H groups in total. The van der Waals surface area contributed by atoms with Crippen LogP contribution in [0.2, 0.25) is 0 Å². The second kappa shape index (κ2) is 9.36. The van der Waals surface area contributed by atoms with Crippen molar-refractivity contribution in [1.29, 1.82) is 5.26 Å². The maximum absolute atomic E-state index is 11.7. The first-order chi connectivity index (χ1) is 11.4. The van der Waals surface area contributed by atoms with Crippen LogP contribution in [0.3, 0.4) is 0 Å². The summed E-state index contributed by atoms with van der Waals surface area (Å²) in [4.78, 5) is 23.4. The van der Waals surface area contributed by atoms with Crippen molar-refractivity contribution in [2.45, 2.75) is 27.7 Å². The zero-order chi connectivity index (χ0) is 18.1. The molecule has 0 aromatic heterocycles. The topological polar surface area (TPSA) is 85.6 Å². The van der Waals surface area contributed by atoms with Gasteiger partial charge < -0.3 is 14.2 Å². The summed E-state index contributed by atoms with van der Waals surface area (Å²) in [6.07, 6.45) is 1.40. The van der Waals surface area contributed by atoms with Crippen LogP contribution >= 0.6 is 0 Å². The average molecular weight is 331 g/mol. The Morgan fingerprint density at radius 2 is 1.92 bits per heavy atom. The molecule has 0 saturated heterocycles. The lowest BCUT2D eigenvalue weighted by Gasteiger charge is -2.12. The Labute approximate surface area is 141 Å². The number of ether oxygens (including phenoxy) is 3. The quantitative estimate of drug-likeness (QED) is 0.330. The lowest BCUT2D eigenvalue weighted by Crippen LogP contribution is -2.15. The fourth-order valence-electron chi connectivity index (χ4n) is 1.71. The molecule has 1 rings (SSSR count). The number of hydrogen-bond acceptors (Lipinski definition) is 6. The van der Waals surface area contributed by atoms with E-state index in [1.165, 1.54) is 6.08 Å². The van der Waals surface area contributed by atoms with Crippen LogP contribution in [0.4, 0.5) is 0 Å². The van der Waals surface area contributed by atoms with E-state index in [0.29, 0.717) is 23.7 Å². The lowest BCUT2D eigenvalue weighted by molar-refractivity contribution is -0.138. The maximum atomic E-state index is 11.7. The van der Waals surface area contributed by atoms with Gasteiger partial charge in [0, 0.05) is 0 Å². The predicted octanol–water partition coefficient (Wildman–Crippen LogP) is 3.12. The van der Waals surface area contributed by atoms with Crippen LogP contribution in [0, 0.1) is 17.2 Å². The molecule has 0 spiro atoms. The van der Waals surface area contributed by atoms with Crippen molar-refractivity contribution in [1.82, 2.24) is 0 Å². The largest absolute Gasteiger partial charge is 0.490 e. The highest BCUT2D eigenvalue weighted by Crippen LogP contribution is 2.30. The number of nitrogens with zero attached hydrogens (tertiary/aromatic N) is 1. The van der Waals surface area contributed by atoms with Gasteiger partial charge in [0.2, 0.25) is 0 Å². The van der Waals surface area contributed by atoms with Crippen molar-refractivity contribution in [2.75, 3.05) is 13.2 Å². The zero-order valence-corrected chi connectivity index (χ0v) is 14.3. The standard InChI is InChI=1S/C18H21NO5/c1-5-22-16-10-13(9-14(11-19)18(21)23-6-2)7-8-15(16)24-17(20)12(3)4/h7-10,12H,5-6H2,1-4H3/b14-9+. The van der Waals surface area contributed by atoms with E-state index in [4.69, 9.17) is 19.5 Å². The Morgan fingerprint density at radius 3 is 2.46 bits per heavy atom. The fraction of sp³-hybridized carbons (Fsp3) is 0.389. The van der Waals surface area contributed by atoms with E-state index in [1.807, 2.05) is 6.07 Å². The third-order valence-electron chi connectivity index (χ3n) is 2.88. The average Bonchev–Trinajstić information content (AvgIpc) is 2.54. The van der Waals surface area contributed by atoms with Gasteiger partial charge in [-0.1, -0.05) is 19.9 Å². The van der Waals surface area contributed by atoms with E-state index in [-0.39, 0.29) is 24.1 Å². The summed E-state index contributed by atoms with van der Waals surface area (Å²) in [6.45, 7) is 7.50. The highest BCUT2D eigenvalue weighted by Gasteiger charge is 2.15. The van der Waals surface area contributed by atoms with Crippen LogP contribution in [0.25, 0.3) is 6.08 Å². The number of carbonyl (C=O) groups excluding carboxylic acids is 2. The van der Waals surface area contributed by atoms with Crippen molar-refractivity contribution in [3.05, 3.63) is 29.3 Å². The minimum Gasteiger partial charge on any atom is -0.490 e. The second-order valence-corrected chi connectivity index (χ2v) is 5.11. The number of esters is 2. The van der Waals surface area contributed by atoms with E-state index >= 15 is 0 Å². The summed E-state index contributed by atoms with van der Waals surface area (Å²) in [5.74, 6) is -0.673. The highest BCUT2D eigenvalue weighted by molar-refractivity contribution is 5.98. The molecule has 0 fully saturated rings. The molecule has 0 radical (unpaired) electrons.